The lowest BCUT2D eigenvalue weighted by molar-refractivity contribution is -0.126. The molecule has 9 nitrogen and oxygen atoms in total. The van der Waals surface area contributed by atoms with Gasteiger partial charge in [-0.05, 0) is 72.3 Å². The highest BCUT2D eigenvalue weighted by Gasteiger charge is 2.25. The Morgan fingerprint density at radius 3 is 1.29 bits per heavy atom. The second kappa shape index (κ2) is 19.5. The number of rotatable bonds is 16. The highest BCUT2D eigenvalue weighted by molar-refractivity contribution is 5.83. The van der Waals surface area contributed by atoms with Gasteiger partial charge in [0, 0.05) is 43.4 Å². The number of hydrogen-bond donors (Lipinski definition) is 6. The normalized spacial score (nSPS) is 22.2. The van der Waals surface area contributed by atoms with Crippen molar-refractivity contribution < 1.29 is 14.4 Å². The first-order valence-electron chi connectivity index (χ1n) is 13.7. The molecule has 1 aliphatic rings. The molecule has 3 unspecified atom stereocenters. The molecule has 0 radical (unpaired) electrons. The Balaban J connectivity index is 2.81. The second-order valence-corrected chi connectivity index (χ2v) is 10.2. The molecule has 0 bridgehead atoms. The van der Waals surface area contributed by atoms with Crippen LogP contribution in [0.3, 0.4) is 0 Å². The van der Waals surface area contributed by atoms with Gasteiger partial charge < -0.3 is 31.9 Å². The molecule has 1 fully saturated rings. The summed E-state index contributed by atoms with van der Waals surface area (Å²) in [5, 5.41) is 19.0. The van der Waals surface area contributed by atoms with Crippen LogP contribution in [0.25, 0.3) is 0 Å². The van der Waals surface area contributed by atoms with Gasteiger partial charge in [0.25, 0.3) is 0 Å². The standard InChI is InChI=1S/C26H52N6O3/c1-20(2)29-16-10-7-13-23-19-26(35)31-21(11-5-8-14-27-3)17-24(33)30-22(18-25(34)32-23)12-6-9-15-28-4/h20-23,27-29H,5-19H2,1-4H3,(H,30,33)(H,31,35)(H,32,34). The van der Waals surface area contributed by atoms with E-state index in [2.05, 4.69) is 45.7 Å². The zero-order chi connectivity index (χ0) is 25.9. The van der Waals surface area contributed by atoms with Crippen LogP contribution in [0.2, 0.25) is 0 Å². The first-order chi connectivity index (χ1) is 16.8. The summed E-state index contributed by atoms with van der Waals surface area (Å²) in [6.45, 7) is 7.02. The molecule has 1 saturated heterocycles. The number of nitrogens with one attached hydrogen (secondary N) is 6. The average molecular weight is 497 g/mol. The third-order valence-electron chi connectivity index (χ3n) is 6.38. The van der Waals surface area contributed by atoms with E-state index in [0.29, 0.717) is 6.04 Å². The van der Waals surface area contributed by atoms with Gasteiger partial charge in [0.05, 0.1) is 0 Å². The molecule has 0 spiro atoms. The van der Waals surface area contributed by atoms with Gasteiger partial charge in [-0.3, -0.25) is 14.4 Å². The van der Waals surface area contributed by atoms with Crippen molar-refractivity contribution in [2.24, 2.45) is 0 Å². The van der Waals surface area contributed by atoms with E-state index in [-0.39, 0.29) is 55.1 Å². The molecule has 0 aromatic carbocycles. The lowest BCUT2D eigenvalue weighted by atomic mass is 10.00. The van der Waals surface area contributed by atoms with Crippen LogP contribution in [-0.2, 0) is 14.4 Å². The molecule has 35 heavy (non-hydrogen) atoms. The lowest BCUT2D eigenvalue weighted by Gasteiger charge is -2.26. The van der Waals surface area contributed by atoms with E-state index in [1.54, 1.807) is 0 Å². The van der Waals surface area contributed by atoms with Gasteiger partial charge in [-0.1, -0.05) is 33.1 Å². The van der Waals surface area contributed by atoms with Crippen LogP contribution in [0.4, 0.5) is 0 Å². The molecular weight excluding hydrogens is 444 g/mol. The fourth-order valence-corrected chi connectivity index (χ4v) is 4.50. The molecule has 9 heteroatoms. The predicted octanol–water partition coefficient (Wildman–Crippen LogP) is 1.57. The van der Waals surface area contributed by atoms with E-state index in [9.17, 15) is 14.4 Å². The molecule has 1 heterocycles. The van der Waals surface area contributed by atoms with Crippen molar-refractivity contribution in [3.05, 3.63) is 0 Å². The second-order valence-electron chi connectivity index (χ2n) is 10.2. The Hall–Kier alpha value is -1.71. The number of amides is 3. The first kappa shape index (κ1) is 31.3. The molecule has 6 N–H and O–H groups in total. The van der Waals surface area contributed by atoms with Gasteiger partial charge in [-0.15, -0.1) is 0 Å². The number of hydrogen-bond acceptors (Lipinski definition) is 6. The van der Waals surface area contributed by atoms with E-state index in [4.69, 9.17) is 0 Å². The summed E-state index contributed by atoms with van der Waals surface area (Å²) >= 11 is 0. The molecule has 1 aliphatic heterocycles. The third kappa shape index (κ3) is 16.6. The zero-order valence-corrected chi connectivity index (χ0v) is 22.6. The van der Waals surface area contributed by atoms with Crippen molar-refractivity contribution in [3.8, 4) is 0 Å². The number of unbranched alkanes of at least 4 members (excludes halogenated alkanes) is 3. The monoisotopic (exact) mass is 496 g/mol. The van der Waals surface area contributed by atoms with Gasteiger partial charge in [-0.2, -0.15) is 0 Å². The van der Waals surface area contributed by atoms with E-state index in [1.165, 1.54) is 0 Å². The molecule has 0 aromatic heterocycles. The third-order valence-corrected chi connectivity index (χ3v) is 6.38. The van der Waals surface area contributed by atoms with Gasteiger partial charge in [0.2, 0.25) is 17.7 Å². The fraction of sp³-hybridized carbons (Fsp3) is 0.885. The van der Waals surface area contributed by atoms with Crippen LogP contribution < -0.4 is 31.9 Å². The lowest BCUT2D eigenvalue weighted by Crippen LogP contribution is -2.48. The van der Waals surface area contributed by atoms with E-state index in [0.717, 1.165) is 77.4 Å². The summed E-state index contributed by atoms with van der Waals surface area (Å²) in [6, 6.07) is -0.107. The maximum Gasteiger partial charge on any atom is 0.222 e. The highest BCUT2D eigenvalue weighted by atomic mass is 16.2. The van der Waals surface area contributed by atoms with Crippen LogP contribution in [0, 0.1) is 0 Å². The summed E-state index contributed by atoms with van der Waals surface area (Å²) < 4.78 is 0. The van der Waals surface area contributed by atoms with E-state index in [1.807, 2.05) is 14.1 Å². The van der Waals surface area contributed by atoms with Crippen LogP contribution in [0.5, 0.6) is 0 Å². The summed E-state index contributed by atoms with van der Waals surface area (Å²) in [6.07, 6.45) is 8.90. The Morgan fingerprint density at radius 1 is 0.629 bits per heavy atom. The van der Waals surface area contributed by atoms with Crippen molar-refractivity contribution in [1.29, 1.82) is 0 Å². The molecule has 3 atom stereocenters. The predicted molar refractivity (Wildman–Crippen MR) is 142 cm³/mol. The minimum Gasteiger partial charge on any atom is -0.353 e. The first-order valence-corrected chi connectivity index (χ1v) is 13.7. The van der Waals surface area contributed by atoms with Crippen molar-refractivity contribution >= 4 is 17.7 Å². The van der Waals surface area contributed by atoms with E-state index < -0.39 is 0 Å². The Labute approximate surface area is 213 Å². The largest absolute Gasteiger partial charge is 0.353 e. The number of carbonyl (C=O) groups is 3. The molecule has 1 rings (SSSR count). The zero-order valence-electron chi connectivity index (χ0n) is 22.6. The minimum absolute atomic E-state index is 0.0915. The fourth-order valence-electron chi connectivity index (χ4n) is 4.50. The molecule has 0 saturated carbocycles. The average Bonchev–Trinajstić information content (AvgIpc) is 2.78. The topological polar surface area (TPSA) is 123 Å². The smallest absolute Gasteiger partial charge is 0.222 e. The molecule has 0 aromatic rings. The van der Waals surface area contributed by atoms with Gasteiger partial charge in [0.15, 0.2) is 0 Å². The minimum atomic E-state index is -0.188. The van der Waals surface area contributed by atoms with E-state index >= 15 is 0 Å². The van der Waals surface area contributed by atoms with Gasteiger partial charge in [0.1, 0.15) is 0 Å². The van der Waals surface area contributed by atoms with Crippen molar-refractivity contribution in [2.75, 3.05) is 33.7 Å². The SMILES string of the molecule is CNCCCCC1CC(=O)NC(CCCCNC)CC(=O)NC(CCCCNC(C)C)CC(=O)N1. The maximum absolute atomic E-state index is 12.8. The number of carbonyl (C=O) groups excluding carboxylic acids is 3. The van der Waals surface area contributed by atoms with Crippen LogP contribution in [-0.4, -0.2) is 75.6 Å². The molecule has 3 amide bonds. The molecule has 0 aliphatic carbocycles. The van der Waals surface area contributed by atoms with Crippen LogP contribution >= 0.6 is 0 Å². The van der Waals surface area contributed by atoms with Gasteiger partial charge >= 0.3 is 0 Å². The van der Waals surface area contributed by atoms with Crippen LogP contribution in [0.15, 0.2) is 0 Å². The van der Waals surface area contributed by atoms with Crippen molar-refractivity contribution in [2.45, 2.75) is 115 Å². The van der Waals surface area contributed by atoms with Crippen LogP contribution in [0.1, 0.15) is 90.9 Å². The van der Waals surface area contributed by atoms with Gasteiger partial charge in [-0.25, -0.2) is 0 Å². The van der Waals surface area contributed by atoms with Crippen molar-refractivity contribution in [1.82, 2.24) is 31.9 Å². The Kier molecular flexibility index (Phi) is 17.4. The summed E-state index contributed by atoms with van der Waals surface area (Å²) in [7, 11) is 3.85. The molecule has 204 valence electrons. The molecular formula is C26H52N6O3. The quantitative estimate of drug-likeness (QED) is 0.180. The summed E-state index contributed by atoms with van der Waals surface area (Å²) in [5.41, 5.74) is 0. The summed E-state index contributed by atoms with van der Waals surface area (Å²) in [5.74, 6) is -0.275. The Bertz CT molecular complexity index is 562. The maximum atomic E-state index is 12.8. The highest BCUT2D eigenvalue weighted by Crippen LogP contribution is 2.12. The summed E-state index contributed by atoms with van der Waals surface area (Å²) in [4.78, 5) is 38.5. The van der Waals surface area contributed by atoms with Crippen molar-refractivity contribution in [3.63, 3.8) is 0 Å². The Morgan fingerprint density at radius 2 is 0.971 bits per heavy atom.